The van der Waals surface area contributed by atoms with Crippen LogP contribution in [0.2, 0.25) is 0 Å². The lowest BCUT2D eigenvalue weighted by molar-refractivity contribution is 0.251. The molecule has 0 unspecified atom stereocenters. The molecule has 0 aromatic heterocycles. The third-order valence-electron chi connectivity index (χ3n) is 2.15. The average molecular weight is 149 g/mol. The maximum atomic E-state index is 8.95. The van der Waals surface area contributed by atoms with Gasteiger partial charge in [0.15, 0.2) is 0 Å². The predicted molar refractivity (Wildman–Crippen MR) is 43.1 cm³/mol. The van der Waals surface area contributed by atoms with E-state index in [1.807, 2.05) is 12.1 Å². The fourth-order valence-corrected chi connectivity index (χ4v) is 1.54. The number of fused-ring (bicyclic) bond motifs is 1. The van der Waals surface area contributed by atoms with Gasteiger partial charge in [0.2, 0.25) is 0 Å². The summed E-state index contributed by atoms with van der Waals surface area (Å²) >= 11 is 0. The summed E-state index contributed by atoms with van der Waals surface area (Å²) in [7, 11) is 0. The van der Waals surface area contributed by atoms with Crippen molar-refractivity contribution in [2.45, 2.75) is 12.6 Å². The lowest BCUT2D eigenvalue weighted by atomic mass is 10.1. The molecule has 1 aliphatic rings. The molecule has 0 amide bonds. The van der Waals surface area contributed by atoms with Gasteiger partial charge < -0.3 is 10.4 Å². The number of hydrogen-bond donors (Lipinski definition) is 2. The van der Waals surface area contributed by atoms with E-state index in [0.29, 0.717) is 0 Å². The summed E-state index contributed by atoms with van der Waals surface area (Å²) in [6, 6.07) is 8.36. The van der Waals surface area contributed by atoms with Crippen LogP contribution in [0.15, 0.2) is 24.3 Å². The molecule has 1 heterocycles. The summed E-state index contributed by atoms with van der Waals surface area (Å²) in [5.74, 6) is 0. The minimum absolute atomic E-state index is 0.159. The molecule has 2 rings (SSSR count). The Hall–Kier alpha value is -0.860. The predicted octanol–water partition coefficient (Wildman–Crippen LogP) is 0.823. The Morgan fingerprint density at radius 3 is 3.09 bits per heavy atom. The maximum absolute atomic E-state index is 8.95. The quantitative estimate of drug-likeness (QED) is 0.619. The van der Waals surface area contributed by atoms with Crippen molar-refractivity contribution in [2.75, 3.05) is 6.61 Å². The van der Waals surface area contributed by atoms with Crippen molar-refractivity contribution in [2.24, 2.45) is 0 Å². The van der Waals surface area contributed by atoms with Crippen LogP contribution in [0.5, 0.6) is 0 Å². The van der Waals surface area contributed by atoms with Gasteiger partial charge in [-0.2, -0.15) is 0 Å². The third-order valence-corrected chi connectivity index (χ3v) is 2.15. The summed E-state index contributed by atoms with van der Waals surface area (Å²) in [4.78, 5) is 0. The fourth-order valence-electron chi connectivity index (χ4n) is 1.54. The Bertz CT molecular complexity index is 259. The first-order valence-corrected chi connectivity index (χ1v) is 3.84. The molecular formula is C9H11NO. The molecule has 2 nitrogen and oxygen atoms in total. The Balaban J connectivity index is 2.39. The molecule has 0 spiro atoms. The topological polar surface area (TPSA) is 32.3 Å². The second-order valence-corrected chi connectivity index (χ2v) is 2.81. The average Bonchev–Trinajstić information content (AvgIpc) is 2.47. The number of rotatable bonds is 1. The second kappa shape index (κ2) is 2.64. The zero-order valence-corrected chi connectivity index (χ0v) is 6.25. The maximum Gasteiger partial charge on any atom is 0.0626 e. The second-order valence-electron chi connectivity index (χ2n) is 2.81. The smallest absolute Gasteiger partial charge is 0.0626 e. The number of nitrogens with one attached hydrogen (secondary N) is 1. The SMILES string of the molecule is OC[C@H]1NCc2ccccc21. The van der Waals surface area contributed by atoms with Crippen LogP contribution in [0, 0.1) is 0 Å². The van der Waals surface area contributed by atoms with Crippen molar-refractivity contribution >= 4 is 0 Å². The van der Waals surface area contributed by atoms with Crippen LogP contribution in [0.25, 0.3) is 0 Å². The van der Waals surface area contributed by atoms with Gasteiger partial charge in [0.05, 0.1) is 12.6 Å². The molecule has 1 aromatic carbocycles. The third kappa shape index (κ3) is 1.04. The van der Waals surface area contributed by atoms with Gasteiger partial charge in [-0.1, -0.05) is 24.3 Å². The van der Waals surface area contributed by atoms with Crippen LogP contribution in [0.1, 0.15) is 17.2 Å². The van der Waals surface area contributed by atoms with Crippen LogP contribution in [0.3, 0.4) is 0 Å². The lowest BCUT2D eigenvalue weighted by Crippen LogP contribution is -2.15. The highest BCUT2D eigenvalue weighted by atomic mass is 16.3. The van der Waals surface area contributed by atoms with E-state index in [4.69, 9.17) is 5.11 Å². The molecule has 58 valence electrons. The number of hydrogen-bond acceptors (Lipinski definition) is 2. The first kappa shape index (κ1) is 6.83. The number of aliphatic hydroxyl groups is 1. The van der Waals surface area contributed by atoms with E-state index in [9.17, 15) is 0 Å². The Morgan fingerprint density at radius 2 is 2.27 bits per heavy atom. The van der Waals surface area contributed by atoms with E-state index in [1.165, 1.54) is 11.1 Å². The standard InChI is InChI=1S/C9H11NO/c11-6-9-8-4-2-1-3-7(8)5-10-9/h1-4,9-11H,5-6H2/t9-/m1/s1. The number of benzene rings is 1. The summed E-state index contributed by atoms with van der Waals surface area (Å²) in [6.45, 7) is 1.08. The van der Waals surface area contributed by atoms with Crippen LogP contribution in [0.4, 0.5) is 0 Å². The normalized spacial score (nSPS) is 21.7. The van der Waals surface area contributed by atoms with E-state index in [0.717, 1.165) is 6.54 Å². The van der Waals surface area contributed by atoms with Crippen molar-refractivity contribution in [3.63, 3.8) is 0 Å². The van der Waals surface area contributed by atoms with Gasteiger partial charge in [0.1, 0.15) is 0 Å². The summed E-state index contributed by atoms with van der Waals surface area (Å²) in [6.07, 6.45) is 0. The van der Waals surface area contributed by atoms with Crippen molar-refractivity contribution in [3.05, 3.63) is 35.4 Å². The highest BCUT2D eigenvalue weighted by Crippen LogP contribution is 2.23. The molecular weight excluding hydrogens is 138 g/mol. The molecule has 0 radical (unpaired) electrons. The van der Waals surface area contributed by atoms with Gasteiger partial charge >= 0.3 is 0 Å². The molecule has 2 heteroatoms. The lowest BCUT2D eigenvalue weighted by Gasteiger charge is -2.06. The molecule has 2 N–H and O–H groups in total. The molecule has 1 aliphatic heterocycles. The van der Waals surface area contributed by atoms with E-state index in [2.05, 4.69) is 17.4 Å². The summed E-state index contributed by atoms with van der Waals surface area (Å²) in [5.41, 5.74) is 2.56. The molecule has 0 saturated carbocycles. The molecule has 0 aliphatic carbocycles. The van der Waals surface area contributed by atoms with Crippen molar-refractivity contribution in [1.82, 2.24) is 5.32 Å². The summed E-state index contributed by atoms with van der Waals surface area (Å²) in [5, 5.41) is 12.2. The monoisotopic (exact) mass is 149 g/mol. The Labute approximate surface area is 65.9 Å². The zero-order chi connectivity index (χ0) is 7.68. The highest BCUT2D eigenvalue weighted by molar-refractivity contribution is 5.33. The van der Waals surface area contributed by atoms with Crippen molar-refractivity contribution in [1.29, 1.82) is 0 Å². The van der Waals surface area contributed by atoms with Gasteiger partial charge in [0.25, 0.3) is 0 Å². The number of aliphatic hydroxyl groups excluding tert-OH is 1. The molecule has 1 aromatic rings. The first-order valence-electron chi connectivity index (χ1n) is 3.84. The Kier molecular flexibility index (Phi) is 1.64. The largest absolute Gasteiger partial charge is 0.394 e. The van der Waals surface area contributed by atoms with Crippen LogP contribution < -0.4 is 5.32 Å². The van der Waals surface area contributed by atoms with Crippen molar-refractivity contribution in [3.8, 4) is 0 Å². The molecule has 1 atom stereocenters. The van der Waals surface area contributed by atoms with Crippen molar-refractivity contribution < 1.29 is 5.11 Å². The molecule has 0 saturated heterocycles. The first-order chi connectivity index (χ1) is 5.42. The highest BCUT2D eigenvalue weighted by Gasteiger charge is 2.19. The van der Waals surface area contributed by atoms with E-state index in [1.54, 1.807) is 0 Å². The van der Waals surface area contributed by atoms with Crippen LogP contribution in [-0.4, -0.2) is 11.7 Å². The van der Waals surface area contributed by atoms with Gasteiger partial charge in [0, 0.05) is 6.54 Å². The van der Waals surface area contributed by atoms with Gasteiger partial charge in [-0.3, -0.25) is 0 Å². The fraction of sp³-hybridized carbons (Fsp3) is 0.333. The van der Waals surface area contributed by atoms with Gasteiger partial charge in [-0.05, 0) is 11.1 Å². The molecule has 0 fully saturated rings. The van der Waals surface area contributed by atoms with E-state index < -0.39 is 0 Å². The minimum atomic E-state index is 0.159. The van der Waals surface area contributed by atoms with E-state index in [-0.39, 0.29) is 12.6 Å². The zero-order valence-electron chi connectivity index (χ0n) is 6.25. The minimum Gasteiger partial charge on any atom is -0.394 e. The Morgan fingerprint density at radius 1 is 1.45 bits per heavy atom. The van der Waals surface area contributed by atoms with Gasteiger partial charge in [-0.15, -0.1) is 0 Å². The molecule has 11 heavy (non-hydrogen) atoms. The van der Waals surface area contributed by atoms with Crippen LogP contribution >= 0.6 is 0 Å². The van der Waals surface area contributed by atoms with Gasteiger partial charge in [-0.25, -0.2) is 0 Å². The summed E-state index contributed by atoms with van der Waals surface area (Å²) < 4.78 is 0. The van der Waals surface area contributed by atoms with Crippen LogP contribution in [-0.2, 0) is 6.54 Å². The molecule has 0 bridgehead atoms. The van der Waals surface area contributed by atoms with E-state index >= 15 is 0 Å².